The Bertz CT molecular complexity index is 398. The Balaban J connectivity index is 3.93. The average molecular weight is 473 g/mol. The molecule has 0 atom stereocenters. The van der Waals surface area contributed by atoms with Gasteiger partial charge in [-0.25, -0.2) is 0 Å². The monoisotopic (exact) mass is 472 g/mol. The van der Waals surface area contributed by atoms with Crippen LogP contribution in [0.2, 0.25) is 0 Å². The van der Waals surface area contributed by atoms with Gasteiger partial charge in [0, 0.05) is 32.6 Å². The molecule has 0 amide bonds. The standard InChI is InChI=1S/C27H56N2O4/c1-3-5-7-11-15-26(16-12-8-6-4-2)25-27(32)33-24-14-10-9-13-19-29(21-23-31)20-17-28-18-22-30/h26,28,30-31H,3-25H2,1-2H3. The molecule has 0 aromatic rings. The van der Waals surface area contributed by atoms with Crippen LogP contribution in [0, 0.1) is 5.92 Å². The highest BCUT2D eigenvalue weighted by Crippen LogP contribution is 2.22. The summed E-state index contributed by atoms with van der Waals surface area (Å²) in [4.78, 5) is 14.6. The van der Waals surface area contributed by atoms with Crippen molar-refractivity contribution in [1.82, 2.24) is 10.2 Å². The zero-order valence-electron chi connectivity index (χ0n) is 22.0. The van der Waals surface area contributed by atoms with Crippen LogP contribution in [0.3, 0.4) is 0 Å². The predicted octanol–water partition coefficient (Wildman–Crippen LogP) is 4.91. The van der Waals surface area contributed by atoms with Crippen LogP contribution < -0.4 is 5.32 Å². The zero-order valence-corrected chi connectivity index (χ0v) is 22.0. The molecule has 0 heterocycles. The van der Waals surface area contributed by atoms with Gasteiger partial charge in [-0.3, -0.25) is 9.69 Å². The van der Waals surface area contributed by atoms with Crippen LogP contribution in [0.5, 0.6) is 0 Å². The molecule has 0 saturated carbocycles. The van der Waals surface area contributed by atoms with E-state index < -0.39 is 0 Å². The van der Waals surface area contributed by atoms with Crippen LogP contribution in [0.15, 0.2) is 0 Å². The molecule has 0 unspecified atom stereocenters. The molecule has 0 radical (unpaired) electrons. The number of aliphatic hydroxyl groups is 2. The van der Waals surface area contributed by atoms with Gasteiger partial charge in [0.2, 0.25) is 0 Å². The number of carbonyl (C=O) groups excluding carboxylic acids is 1. The van der Waals surface area contributed by atoms with Crippen molar-refractivity contribution in [2.45, 2.75) is 110 Å². The summed E-state index contributed by atoms with van der Waals surface area (Å²) in [7, 11) is 0. The SMILES string of the molecule is CCCCCCC(CCCCCC)CC(=O)OCCCCCCN(CCO)CCNCCO. The molecule has 0 aliphatic carbocycles. The van der Waals surface area contributed by atoms with E-state index in [1.54, 1.807) is 0 Å². The minimum atomic E-state index is -0.00418. The van der Waals surface area contributed by atoms with E-state index in [4.69, 9.17) is 9.84 Å². The number of hydrogen-bond acceptors (Lipinski definition) is 6. The number of aliphatic hydroxyl groups excluding tert-OH is 2. The van der Waals surface area contributed by atoms with E-state index >= 15 is 0 Å². The molecule has 0 aromatic heterocycles. The van der Waals surface area contributed by atoms with Crippen LogP contribution in [0.1, 0.15) is 110 Å². The second kappa shape index (κ2) is 25.9. The number of rotatable bonds is 26. The number of ether oxygens (including phenoxy) is 1. The molecule has 0 bridgehead atoms. The highest BCUT2D eigenvalue weighted by Gasteiger charge is 2.15. The van der Waals surface area contributed by atoms with E-state index in [1.807, 2.05) is 0 Å². The lowest BCUT2D eigenvalue weighted by Gasteiger charge is -2.21. The highest BCUT2D eigenvalue weighted by atomic mass is 16.5. The van der Waals surface area contributed by atoms with Gasteiger partial charge in [-0.1, -0.05) is 78.1 Å². The Morgan fingerprint density at radius 1 is 0.758 bits per heavy atom. The molecule has 33 heavy (non-hydrogen) atoms. The topological polar surface area (TPSA) is 82.0 Å². The summed E-state index contributed by atoms with van der Waals surface area (Å²) < 4.78 is 5.56. The number of carbonyl (C=O) groups is 1. The Morgan fingerprint density at radius 2 is 1.39 bits per heavy atom. The largest absolute Gasteiger partial charge is 0.466 e. The zero-order chi connectivity index (χ0) is 24.4. The van der Waals surface area contributed by atoms with Gasteiger partial charge in [0.15, 0.2) is 0 Å². The normalized spacial score (nSPS) is 11.6. The summed E-state index contributed by atoms with van der Waals surface area (Å²) in [6.45, 7) is 9.34. The minimum Gasteiger partial charge on any atom is -0.466 e. The lowest BCUT2D eigenvalue weighted by atomic mass is 9.92. The number of nitrogens with zero attached hydrogens (tertiary/aromatic N) is 1. The first kappa shape index (κ1) is 32.3. The maximum absolute atomic E-state index is 12.4. The van der Waals surface area contributed by atoms with Crippen LogP contribution in [-0.2, 0) is 9.53 Å². The van der Waals surface area contributed by atoms with E-state index in [9.17, 15) is 9.90 Å². The van der Waals surface area contributed by atoms with Crippen LogP contribution in [0.25, 0.3) is 0 Å². The van der Waals surface area contributed by atoms with E-state index in [0.29, 0.717) is 32.0 Å². The molecule has 0 fully saturated rings. The fourth-order valence-corrected chi connectivity index (χ4v) is 4.26. The van der Waals surface area contributed by atoms with Crippen LogP contribution in [-0.4, -0.2) is 73.6 Å². The van der Waals surface area contributed by atoms with Crippen molar-refractivity contribution < 1.29 is 19.7 Å². The molecular formula is C27H56N2O4. The van der Waals surface area contributed by atoms with Gasteiger partial charge in [0.25, 0.3) is 0 Å². The van der Waals surface area contributed by atoms with Gasteiger partial charge in [-0.2, -0.15) is 0 Å². The third-order valence-electron chi connectivity index (χ3n) is 6.33. The molecule has 0 spiro atoms. The van der Waals surface area contributed by atoms with Crippen molar-refractivity contribution in [3.8, 4) is 0 Å². The molecule has 0 aliphatic heterocycles. The van der Waals surface area contributed by atoms with Crippen molar-refractivity contribution in [2.75, 3.05) is 52.5 Å². The first-order chi connectivity index (χ1) is 16.2. The van der Waals surface area contributed by atoms with E-state index in [2.05, 4.69) is 24.1 Å². The Hall–Kier alpha value is -0.690. The summed E-state index contributed by atoms with van der Waals surface area (Å²) >= 11 is 0. The van der Waals surface area contributed by atoms with Gasteiger partial charge in [-0.05, 0) is 38.1 Å². The maximum Gasteiger partial charge on any atom is 0.306 e. The molecule has 198 valence electrons. The van der Waals surface area contributed by atoms with Crippen molar-refractivity contribution in [3.05, 3.63) is 0 Å². The second-order valence-corrected chi connectivity index (χ2v) is 9.44. The Labute approximate surface area is 204 Å². The number of hydrogen-bond donors (Lipinski definition) is 3. The lowest BCUT2D eigenvalue weighted by molar-refractivity contribution is -0.145. The van der Waals surface area contributed by atoms with Gasteiger partial charge >= 0.3 is 5.97 Å². The summed E-state index contributed by atoms with van der Waals surface area (Å²) in [5.74, 6) is 0.492. The summed E-state index contributed by atoms with van der Waals surface area (Å²) in [5.41, 5.74) is 0. The molecule has 0 saturated heterocycles. The fourth-order valence-electron chi connectivity index (χ4n) is 4.26. The first-order valence-corrected chi connectivity index (χ1v) is 14.0. The van der Waals surface area contributed by atoms with Crippen molar-refractivity contribution in [3.63, 3.8) is 0 Å². The summed E-state index contributed by atoms with van der Waals surface area (Å²) in [5, 5.41) is 21.2. The molecule has 0 aliphatic rings. The lowest BCUT2D eigenvalue weighted by Crippen LogP contribution is -2.35. The number of unbranched alkanes of at least 4 members (excludes halogenated alkanes) is 9. The molecule has 0 rings (SSSR count). The molecule has 6 heteroatoms. The fraction of sp³-hybridized carbons (Fsp3) is 0.963. The van der Waals surface area contributed by atoms with Gasteiger partial charge in [0.05, 0.1) is 19.8 Å². The van der Waals surface area contributed by atoms with Crippen LogP contribution >= 0.6 is 0 Å². The molecule has 0 aromatic carbocycles. The van der Waals surface area contributed by atoms with E-state index in [1.165, 1.54) is 64.2 Å². The predicted molar refractivity (Wildman–Crippen MR) is 139 cm³/mol. The van der Waals surface area contributed by atoms with Gasteiger partial charge < -0.3 is 20.3 Å². The van der Waals surface area contributed by atoms with Crippen molar-refractivity contribution >= 4 is 5.97 Å². The molecular weight excluding hydrogens is 416 g/mol. The Kier molecular flexibility index (Phi) is 25.4. The molecule has 3 N–H and O–H groups in total. The summed E-state index contributed by atoms with van der Waals surface area (Å²) in [6, 6.07) is 0. The summed E-state index contributed by atoms with van der Waals surface area (Å²) in [6.07, 6.45) is 17.3. The highest BCUT2D eigenvalue weighted by molar-refractivity contribution is 5.69. The second-order valence-electron chi connectivity index (χ2n) is 9.44. The maximum atomic E-state index is 12.4. The van der Waals surface area contributed by atoms with Crippen molar-refractivity contribution in [1.29, 1.82) is 0 Å². The third-order valence-corrected chi connectivity index (χ3v) is 6.33. The smallest absolute Gasteiger partial charge is 0.306 e. The number of nitrogens with one attached hydrogen (secondary N) is 1. The quantitative estimate of drug-likeness (QED) is 0.123. The average Bonchev–Trinajstić information content (AvgIpc) is 2.81. The first-order valence-electron chi connectivity index (χ1n) is 14.0. The van der Waals surface area contributed by atoms with Crippen LogP contribution in [0.4, 0.5) is 0 Å². The van der Waals surface area contributed by atoms with E-state index in [-0.39, 0.29) is 19.2 Å². The Morgan fingerprint density at radius 3 is 2.00 bits per heavy atom. The minimum absolute atomic E-state index is 0.00418. The van der Waals surface area contributed by atoms with Gasteiger partial charge in [-0.15, -0.1) is 0 Å². The third kappa shape index (κ3) is 22.8. The van der Waals surface area contributed by atoms with Crippen molar-refractivity contribution in [2.24, 2.45) is 5.92 Å². The number of esters is 1. The van der Waals surface area contributed by atoms with E-state index in [0.717, 1.165) is 45.3 Å². The van der Waals surface area contributed by atoms with Gasteiger partial charge in [0.1, 0.15) is 0 Å². The molecule has 6 nitrogen and oxygen atoms in total.